The Bertz CT molecular complexity index is 452. The third kappa shape index (κ3) is 2.49. The summed E-state index contributed by atoms with van der Waals surface area (Å²) in [4.78, 5) is 0. The molecule has 1 aliphatic rings. The maximum atomic E-state index is 9.58. The molecule has 1 aromatic carbocycles. The number of benzene rings is 1. The minimum Gasteiger partial charge on any atom is -0.378 e. The highest BCUT2D eigenvalue weighted by Gasteiger charge is 2.41. The Balaban J connectivity index is 2.24. The molecule has 2 rings (SSSR count). The van der Waals surface area contributed by atoms with Gasteiger partial charge in [-0.05, 0) is 43.9 Å². The maximum absolute atomic E-state index is 9.58. The molecule has 0 amide bonds. The van der Waals surface area contributed by atoms with Crippen LogP contribution in [0.15, 0.2) is 24.3 Å². The van der Waals surface area contributed by atoms with Gasteiger partial charge in [0.2, 0.25) is 0 Å². The second-order valence-corrected chi connectivity index (χ2v) is 5.05. The molecule has 1 aromatic rings. The molecule has 1 N–H and O–H groups in total. The highest BCUT2D eigenvalue weighted by Crippen LogP contribution is 2.33. The zero-order valence-corrected chi connectivity index (χ0v) is 11.1. The second kappa shape index (κ2) is 5.41. The van der Waals surface area contributed by atoms with E-state index in [2.05, 4.69) is 30.4 Å². The zero-order chi connectivity index (χ0) is 13.0. The largest absolute Gasteiger partial charge is 0.378 e. The van der Waals surface area contributed by atoms with Crippen molar-refractivity contribution >= 4 is 5.69 Å². The van der Waals surface area contributed by atoms with E-state index in [1.54, 1.807) is 7.11 Å². The Morgan fingerprint density at radius 2 is 2.28 bits per heavy atom. The third-order valence-corrected chi connectivity index (χ3v) is 3.71. The lowest BCUT2D eigenvalue weighted by Gasteiger charge is -2.39. The molecule has 0 radical (unpaired) electrons. The number of hydrogen-bond acceptors (Lipinski definition) is 3. The molecular weight excluding hydrogens is 224 g/mol. The number of nitrogens with one attached hydrogen (secondary N) is 1. The van der Waals surface area contributed by atoms with Crippen LogP contribution >= 0.6 is 0 Å². The fourth-order valence-corrected chi connectivity index (χ4v) is 2.74. The highest BCUT2D eigenvalue weighted by atomic mass is 16.5. The quantitative estimate of drug-likeness (QED) is 0.887. The lowest BCUT2D eigenvalue weighted by atomic mass is 9.80. The lowest BCUT2D eigenvalue weighted by molar-refractivity contribution is 0.0370. The summed E-state index contributed by atoms with van der Waals surface area (Å²) in [6.45, 7) is 2.05. The van der Waals surface area contributed by atoms with E-state index in [1.807, 2.05) is 12.1 Å². The molecule has 0 spiro atoms. The van der Waals surface area contributed by atoms with Crippen LogP contribution in [0.4, 0.5) is 5.69 Å². The average molecular weight is 244 g/mol. The molecule has 0 aromatic heterocycles. The standard InChI is InChI=1S/C15H20N2O/c1-12-6-5-7-13(10-12)17-15(11-16)9-4-3-8-14(15)18-2/h5-7,10,14,17H,3-4,8-9H2,1-2H3. The molecule has 0 bridgehead atoms. The number of rotatable bonds is 3. The molecule has 2 atom stereocenters. The van der Waals surface area contributed by atoms with Crippen LogP contribution < -0.4 is 5.32 Å². The fraction of sp³-hybridized carbons (Fsp3) is 0.533. The van der Waals surface area contributed by atoms with Gasteiger partial charge in [0.15, 0.2) is 5.54 Å². The van der Waals surface area contributed by atoms with E-state index < -0.39 is 5.54 Å². The van der Waals surface area contributed by atoms with Crippen molar-refractivity contribution in [2.45, 2.75) is 44.2 Å². The third-order valence-electron chi connectivity index (χ3n) is 3.71. The monoisotopic (exact) mass is 244 g/mol. The predicted molar refractivity (Wildman–Crippen MR) is 72.4 cm³/mol. The molecule has 3 heteroatoms. The summed E-state index contributed by atoms with van der Waals surface area (Å²) >= 11 is 0. The molecule has 1 saturated carbocycles. The van der Waals surface area contributed by atoms with Gasteiger partial charge in [0.05, 0.1) is 12.2 Å². The maximum Gasteiger partial charge on any atom is 0.151 e. The molecule has 1 fully saturated rings. The minimum absolute atomic E-state index is 0.0308. The molecule has 0 heterocycles. The lowest BCUT2D eigenvalue weighted by Crippen LogP contribution is -2.51. The number of aryl methyl sites for hydroxylation is 1. The molecule has 96 valence electrons. The number of methoxy groups -OCH3 is 1. The van der Waals surface area contributed by atoms with Gasteiger partial charge in [0.25, 0.3) is 0 Å². The predicted octanol–water partition coefficient (Wildman–Crippen LogP) is 3.26. The molecule has 2 unspecified atom stereocenters. The van der Waals surface area contributed by atoms with Crippen molar-refractivity contribution in [1.82, 2.24) is 0 Å². The molecule has 0 saturated heterocycles. The Morgan fingerprint density at radius 1 is 1.44 bits per heavy atom. The van der Waals surface area contributed by atoms with E-state index >= 15 is 0 Å². The van der Waals surface area contributed by atoms with Gasteiger partial charge < -0.3 is 10.1 Å². The van der Waals surface area contributed by atoms with E-state index in [-0.39, 0.29) is 6.10 Å². The van der Waals surface area contributed by atoms with Crippen molar-refractivity contribution in [3.8, 4) is 6.07 Å². The number of ether oxygens (including phenoxy) is 1. The summed E-state index contributed by atoms with van der Waals surface area (Å²) in [6.07, 6.45) is 3.97. The summed E-state index contributed by atoms with van der Waals surface area (Å²) in [5.41, 5.74) is 1.61. The van der Waals surface area contributed by atoms with Crippen LogP contribution in [0.5, 0.6) is 0 Å². The van der Waals surface area contributed by atoms with E-state index in [9.17, 15) is 5.26 Å². The normalized spacial score (nSPS) is 27.5. The van der Waals surface area contributed by atoms with Crippen molar-refractivity contribution in [3.05, 3.63) is 29.8 Å². The van der Waals surface area contributed by atoms with Gasteiger partial charge in [0.1, 0.15) is 0 Å². The summed E-state index contributed by atoms with van der Waals surface area (Å²) in [5.74, 6) is 0. The van der Waals surface area contributed by atoms with Gasteiger partial charge >= 0.3 is 0 Å². The van der Waals surface area contributed by atoms with Crippen LogP contribution in [0.2, 0.25) is 0 Å². The van der Waals surface area contributed by atoms with Gasteiger partial charge in [-0.15, -0.1) is 0 Å². The van der Waals surface area contributed by atoms with E-state index in [4.69, 9.17) is 4.74 Å². The molecule has 0 aliphatic heterocycles. The fourth-order valence-electron chi connectivity index (χ4n) is 2.74. The minimum atomic E-state index is -0.583. The van der Waals surface area contributed by atoms with Crippen LogP contribution in [-0.2, 0) is 4.74 Å². The van der Waals surface area contributed by atoms with Crippen molar-refractivity contribution < 1.29 is 4.74 Å². The first-order valence-electron chi connectivity index (χ1n) is 6.49. The van der Waals surface area contributed by atoms with Crippen molar-refractivity contribution in [3.63, 3.8) is 0 Å². The molecular formula is C15H20N2O. The molecule has 3 nitrogen and oxygen atoms in total. The van der Waals surface area contributed by atoms with Gasteiger partial charge in [-0.3, -0.25) is 0 Å². The number of anilines is 1. The van der Waals surface area contributed by atoms with Gasteiger partial charge in [-0.1, -0.05) is 18.6 Å². The van der Waals surface area contributed by atoms with Crippen molar-refractivity contribution in [2.24, 2.45) is 0 Å². The van der Waals surface area contributed by atoms with Crippen LogP contribution in [0, 0.1) is 18.3 Å². The van der Waals surface area contributed by atoms with Gasteiger partial charge in [0, 0.05) is 12.8 Å². The highest BCUT2D eigenvalue weighted by molar-refractivity contribution is 5.50. The first-order valence-corrected chi connectivity index (χ1v) is 6.49. The summed E-state index contributed by atoms with van der Waals surface area (Å²) in [7, 11) is 1.69. The van der Waals surface area contributed by atoms with E-state index in [0.717, 1.165) is 31.4 Å². The zero-order valence-electron chi connectivity index (χ0n) is 11.1. The summed E-state index contributed by atoms with van der Waals surface area (Å²) < 4.78 is 5.52. The van der Waals surface area contributed by atoms with Crippen LogP contribution in [0.25, 0.3) is 0 Å². The van der Waals surface area contributed by atoms with Crippen LogP contribution in [0.1, 0.15) is 31.2 Å². The molecule has 1 aliphatic carbocycles. The van der Waals surface area contributed by atoms with Gasteiger partial charge in [-0.2, -0.15) is 5.26 Å². The second-order valence-electron chi connectivity index (χ2n) is 5.05. The summed E-state index contributed by atoms with van der Waals surface area (Å²) in [5, 5.41) is 13.0. The smallest absolute Gasteiger partial charge is 0.151 e. The Kier molecular flexibility index (Phi) is 3.88. The molecule has 18 heavy (non-hydrogen) atoms. The van der Waals surface area contributed by atoms with E-state index in [0.29, 0.717) is 0 Å². The van der Waals surface area contributed by atoms with Crippen LogP contribution in [0.3, 0.4) is 0 Å². The SMILES string of the molecule is COC1CCCCC1(C#N)Nc1cccc(C)c1. The number of hydrogen-bond donors (Lipinski definition) is 1. The first kappa shape index (κ1) is 12.9. The Labute approximate surface area is 109 Å². The first-order chi connectivity index (χ1) is 8.70. The average Bonchev–Trinajstić information content (AvgIpc) is 2.39. The van der Waals surface area contributed by atoms with Crippen LogP contribution in [-0.4, -0.2) is 18.8 Å². The van der Waals surface area contributed by atoms with Crippen molar-refractivity contribution in [2.75, 3.05) is 12.4 Å². The van der Waals surface area contributed by atoms with Gasteiger partial charge in [-0.25, -0.2) is 0 Å². The van der Waals surface area contributed by atoms with E-state index in [1.165, 1.54) is 5.56 Å². The Hall–Kier alpha value is -1.53. The topological polar surface area (TPSA) is 45.0 Å². The summed E-state index contributed by atoms with van der Waals surface area (Å²) in [6, 6.07) is 10.6. The Morgan fingerprint density at radius 3 is 2.94 bits per heavy atom. The number of nitrogens with zero attached hydrogens (tertiary/aromatic N) is 1. The number of nitriles is 1. The van der Waals surface area contributed by atoms with Crippen molar-refractivity contribution in [1.29, 1.82) is 5.26 Å².